The van der Waals surface area contributed by atoms with Gasteiger partial charge in [-0.05, 0) is 36.9 Å². The molecular weight excluding hydrogens is 470 g/mol. The lowest BCUT2D eigenvalue weighted by molar-refractivity contribution is 0.116. The van der Waals surface area contributed by atoms with Crippen molar-refractivity contribution in [1.82, 2.24) is 30.4 Å². The average molecular weight is 500 g/mol. The van der Waals surface area contributed by atoms with Crippen LogP contribution in [0.1, 0.15) is 11.4 Å². The standard InChI is InChI=1S/C20H30B6FN7OS/c1-9-32-33-16(36-9)14-4-10-5-15(29-7-11(10)6-28-14)31-18(35)34-3-2-13(12(27)8-34)30-17(19(21,22)23)20(24,25)26/h4-7,12-13,17,30H,2-3,8,21-26H2,1H3,(H,29,31,35)/t12-,13-/m0/s1. The van der Waals surface area contributed by atoms with Crippen LogP contribution in [-0.4, -0.2) is 110 Å². The van der Waals surface area contributed by atoms with Crippen molar-refractivity contribution in [3.63, 3.8) is 0 Å². The van der Waals surface area contributed by atoms with Crippen molar-refractivity contribution in [3.8, 4) is 10.7 Å². The number of aryl methyl sites for hydroxylation is 1. The number of fused-ring (bicyclic) bond motifs is 1. The third-order valence-electron chi connectivity index (χ3n) is 6.52. The molecule has 2 atom stereocenters. The van der Waals surface area contributed by atoms with Gasteiger partial charge in [-0.25, -0.2) is 14.2 Å². The number of nitrogens with zero attached hydrogens (tertiary/aromatic N) is 5. The van der Waals surface area contributed by atoms with Gasteiger partial charge in [0.05, 0.1) is 53.6 Å². The molecule has 16 heteroatoms. The molecule has 8 nitrogen and oxygen atoms in total. The Labute approximate surface area is 220 Å². The number of anilines is 1. The Balaban J connectivity index is 1.41. The van der Waals surface area contributed by atoms with E-state index in [0.29, 0.717) is 18.8 Å². The lowest BCUT2D eigenvalue weighted by Crippen LogP contribution is -2.60. The molecule has 4 rings (SSSR count). The minimum atomic E-state index is -1.15. The Morgan fingerprint density at radius 2 is 1.81 bits per heavy atom. The Morgan fingerprint density at radius 3 is 2.42 bits per heavy atom. The van der Waals surface area contributed by atoms with Crippen molar-refractivity contribution in [2.24, 2.45) is 0 Å². The molecule has 0 unspecified atom stereocenters. The lowest BCUT2D eigenvalue weighted by Gasteiger charge is -2.46. The van der Waals surface area contributed by atoms with Gasteiger partial charge in [-0.1, -0.05) is 21.6 Å². The Kier molecular flexibility index (Phi) is 7.57. The van der Waals surface area contributed by atoms with Gasteiger partial charge in [0.2, 0.25) is 0 Å². The van der Waals surface area contributed by atoms with Gasteiger partial charge >= 0.3 is 6.03 Å². The molecular formula is C20H30B6FN7OS. The van der Waals surface area contributed by atoms with E-state index >= 15 is 4.39 Å². The number of piperidine rings is 1. The number of alkyl halides is 1. The van der Waals surface area contributed by atoms with Gasteiger partial charge in [0, 0.05) is 30.4 Å². The molecule has 3 aromatic rings. The zero-order chi connectivity index (χ0) is 26.3. The van der Waals surface area contributed by atoms with E-state index in [2.05, 4.69) is 77.9 Å². The van der Waals surface area contributed by atoms with Gasteiger partial charge < -0.3 is 10.2 Å². The largest absolute Gasteiger partial charge is 0.323 e. The Morgan fingerprint density at radius 1 is 1.11 bits per heavy atom. The second kappa shape index (κ2) is 10.2. The van der Waals surface area contributed by atoms with Crippen molar-refractivity contribution < 1.29 is 9.18 Å². The van der Waals surface area contributed by atoms with E-state index in [1.54, 1.807) is 18.5 Å². The minimum Gasteiger partial charge on any atom is -0.321 e. The Bertz CT molecular complexity index is 1240. The fraction of sp³-hybridized carbons (Fsp3) is 0.450. The van der Waals surface area contributed by atoms with E-state index < -0.39 is 6.17 Å². The summed E-state index contributed by atoms with van der Waals surface area (Å²) in [6, 6.07) is 3.21. The summed E-state index contributed by atoms with van der Waals surface area (Å²) in [5.41, 5.74) is 0.718. The van der Waals surface area contributed by atoms with Crippen molar-refractivity contribution in [2.45, 2.75) is 41.8 Å². The summed E-state index contributed by atoms with van der Waals surface area (Å²) in [6.45, 7) is 2.42. The van der Waals surface area contributed by atoms with Crippen LogP contribution in [0.3, 0.4) is 0 Å². The zero-order valence-corrected chi connectivity index (χ0v) is 22.9. The van der Waals surface area contributed by atoms with Gasteiger partial charge in [0.25, 0.3) is 0 Å². The van der Waals surface area contributed by atoms with Crippen molar-refractivity contribution in [3.05, 3.63) is 29.5 Å². The number of rotatable bonds is 6. The molecule has 3 aromatic heterocycles. The van der Waals surface area contributed by atoms with E-state index in [4.69, 9.17) is 0 Å². The van der Waals surface area contributed by atoms with Crippen molar-refractivity contribution in [2.75, 3.05) is 18.4 Å². The summed E-state index contributed by atoms with van der Waals surface area (Å²) in [5.74, 6) is 0.411. The monoisotopic (exact) mass is 501 g/mol. The van der Waals surface area contributed by atoms with E-state index in [1.165, 1.54) is 16.2 Å². The van der Waals surface area contributed by atoms with Crippen LogP contribution in [0, 0.1) is 6.92 Å². The highest BCUT2D eigenvalue weighted by Gasteiger charge is 2.39. The molecule has 2 N–H and O–H groups in total. The van der Waals surface area contributed by atoms with Gasteiger partial charge in [0.15, 0.2) is 5.01 Å². The second-order valence-electron chi connectivity index (χ2n) is 11.7. The van der Waals surface area contributed by atoms with Crippen LogP contribution in [0.4, 0.5) is 15.0 Å². The third-order valence-corrected chi connectivity index (χ3v) is 7.39. The molecule has 0 spiro atoms. The van der Waals surface area contributed by atoms with Crippen LogP contribution in [0.15, 0.2) is 24.5 Å². The normalized spacial score (nSPS) is 19.0. The molecule has 0 aliphatic carbocycles. The molecule has 4 heterocycles. The molecule has 1 aliphatic heterocycles. The molecule has 1 aliphatic rings. The molecule has 36 heavy (non-hydrogen) atoms. The van der Waals surface area contributed by atoms with Gasteiger partial charge in [-0.15, -0.1) is 10.2 Å². The summed E-state index contributed by atoms with van der Waals surface area (Å²) >= 11 is 1.47. The van der Waals surface area contributed by atoms with Crippen LogP contribution >= 0.6 is 11.3 Å². The van der Waals surface area contributed by atoms with E-state index in [1.807, 2.05) is 13.0 Å². The number of carbonyl (C=O) groups excluding carboxylic acids is 1. The van der Waals surface area contributed by atoms with E-state index in [0.717, 1.165) is 26.5 Å². The lowest BCUT2D eigenvalue weighted by atomic mass is 9.27. The predicted octanol–water partition coefficient (Wildman–Crippen LogP) is -2.69. The van der Waals surface area contributed by atoms with Crippen LogP contribution in [-0.2, 0) is 0 Å². The van der Waals surface area contributed by atoms with Crippen molar-refractivity contribution >= 4 is 81.0 Å². The SMILES string of the molecule is BC(B)(B)C(N[C@H]1CCN(C(=O)Nc2cc3cc(-c4nnc(C)s4)ncc3cn2)C[C@@H]1F)C(B)(B)B. The molecule has 0 radical (unpaired) electrons. The number of nitrogens with one attached hydrogen (secondary N) is 2. The number of hydrogen-bond donors (Lipinski definition) is 2. The molecule has 0 saturated carbocycles. The summed E-state index contributed by atoms with van der Waals surface area (Å²) in [6.07, 6.45) is 2.80. The van der Waals surface area contributed by atoms with Gasteiger partial charge in [-0.3, -0.25) is 10.3 Å². The molecule has 182 valence electrons. The van der Waals surface area contributed by atoms with Gasteiger partial charge in [0.1, 0.15) is 22.7 Å². The van der Waals surface area contributed by atoms with Crippen molar-refractivity contribution in [1.29, 1.82) is 0 Å². The maximum Gasteiger partial charge on any atom is 0.323 e. The summed E-state index contributed by atoms with van der Waals surface area (Å²) in [5, 5.41) is 17.9. The smallest absolute Gasteiger partial charge is 0.321 e. The maximum absolute atomic E-state index is 15.2. The number of aromatic nitrogens is 4. The molecule has 1 fully saturated rings. The van der Waals surface area contributed by atoms with Crippen LogP contribution in [0.2, 0.25) is 10.2 Å². The third kappa shape index (κ3) is 6.14. The highest BCUT2D eigenvalue weighted by Crippen LogP contribution is 2.32. The summed E-state index contributed by atoms with van der Waals surface area (Å²) in [7, 11) is 13.1. The average Bonchev–Trinajstić information content (AvgIpc) is 3.22. The fourth-order valence-corrected chi connectivity index (χ4v) is 5.76. The fourth-order valence-electron chi connectivity index (χ4n) is 5.10. The first kappa shape index (κ1) is 26.7. The van der Waals surface area contributed by atoms with E-state index in [9.17, 15) is 4.79 Å². The Hall–Kier alpha value is -2.33. The number of halogens is 1. The molecule has 2 amide bonds. The number of hydrogen-bond acceptors (Lipinski definition) is 7. The first-order chi connectivity index (χ1) is 16.8. The number of urea groups is 1. The number of carbonyl (C=O) groups is 1. The maximum atomic E-state index is 15.2. The van der Waals surface area contributed by atoms with E-state index in [-0.39, 0.29) is 34.9 Å². The second-order valence-corrected chi connectivity index (χ2v) is 12.9. The predicted molar refractivity (Wildman–Crippen MR) is 161 cm³/mol. The highest BCUT2D eigenvalue weighted by atomic mass is 32.1. The minimum absolute atomic E-state index is 0.0154. The van der Waals surface area contributed by atoms with Crippen LogP contribution < -0.4 is 10.6 Å². The highest BCUT2D eigenvalue weighted by molar-refractivity contribution is 7.14. The quantitative estimate of drug-likeness (QED) is 0.358. The first-order valence-corrected chi connectivity index (χ1v) is 13.2. The summed E-state index contributed by atoms with van der Waals surface area (Å²) in [4.78, 5) is 23.3. The topological polar surface area (TPSA) is 95.9 Å². The van der Waals surface area contributed by atoms with Crippen LogP contribution in [0.5, 0.6) is 0 Å². The summed E-state index contributed by atoms with van der Waals surface area (Å²) < 4.78 is 15.2. The number of pyridine rings is 2. The van der Waals surface area contributed by atoms with Crippen LogP contribution in [0.25, 0.3) is 21.5 Å². The zero-order valence-electron chi connectivity index (χ0n) is 22.1. The molecule has 1 saturated heterocycles. The molecule has 0 aromatic carbocycles. The number of amides is 2. The number of likely N-dealkylation sites (tertiary alicyclic amines) is 1. The first-order valence-electron chi connectivity index (χ1n) is 12.3. The molecule has 0 bridgehead atoms. The van der Waals surface area contributed by atoms with Gasteiger partial charge in [-0.2, -0.15) is 0 Å².